The van der Waals surface area contributed by atoms with Gasteiger partial charge in [0, 0.05) is 4.47 Å². The average molecular weight is 266 g/mol. The molecule has 6 heteroatoms. The van der Waals surface area contributed by atoms with E-state index >= 15 is 0 Å². The van der Waals surface area contributed by atoms with Crippen molar-refractivity contribution < 1.29 is 0 Å². The summed E-state index contributed by atoms with van der Waals surface area (Å²) in [5.74, 6) is -0.361. The first-order valence-corrected chi connectivity index (χ1v) is 4.76. The van der Waals surface area contributed by atoms with E-state index in [-0.39, 0.29) is 11.5 Å². The Morgan fingerprint density at radius 1 is 1.60 bits per heavy atom. The molecule has 15 heavy (non-hydrogen) atoms. The Morgan fingerprint density at radius 3 is 2.87 bits per heavy atom. The summed E-state index contributed by atoms with van der Waals surface area (Å²) in [6.07, 6.45) is 0. The zero-order chi connectivity index (χ0) is 11.3. The van der Waals surface area contributed by atoms with Crippen LogP contribution in [0.1, 0.15) is 0 Å². The van der Waals surface area contributed by atoms with Crippen LogP contribution in [-0.2, 0) is 0 Å². The topological polar surface area (TPSA) is 98.0 Å². The van der Waals surface area contributed by atoms with Crippen molar-refractivity contribution in [3.63, 3.8) is 0 Å². The minimum Gasteiger partial charge on any atom is -0.382 e. The monoisotopic (exact) mass is 265 g/mol. The third kappa shape index (κ3) is 3.40. The van der Waals surface area contributed by atoms with E-state index in [1.165, 1.54) is 0 Å². The van der Waals surface area contributed by atoms with Crippen molar-refractivity contribution in [2.24, 2.45) is 10.8 Å². The van der Waals surface area contributed by atoms with Gasteiger partial charge in [0.25, 0.3) is 0 Å². The van der Waals surface area contributed by atoms with Gasteiger partial charge >= 0.3 is 0 Å². The van der Waals surface area contributed by atoms with Crippen molar-refractivity contribution in [1.29, 1.82) is 10.7 Å². The van der Waals surface area contributed by atoms with E-state index in [2.05, 4.69) is 26.5 Å². The minimum atomic E-state index is -0.361. The number of hydrogen-bond donors (Lipinski definition) is 3. The molecule has 0 radical (unpaired) electrons. The highest BCUT2D eigenvalue weighted by Gasteiger charge is 2.00. The fraction of sp³-hybridized carbons (Fsp3) is 0. The number of nitriles is 1. The highest BCUT2D eigenvalue weighted by molar-refractivity contribution is 9.10. The van der Waals surface area contributed by atoms with Crippen molar-refractivity contribution in [1.82, 2.24) is 0 Å². The lowest BCUT2D eigenvalue weighted by Crippen LogP contribution is -2.21. The number of anilines is 1. The third-order valence-corrected chi connectivity index (χ3v) is 1.98. The Kier molecular flexibility index (Phi) is 3.83. The fourth-order valence-corrected chi connectivity index (χ4v) is 1.22. The Labute approximate surface area is 95.2 Å². The van der Waals surface area contributed by atoms with Crippen LogP contribution in [-0.4, -0.2) is 11.5 Å². The zero-order valence-electron chi connectivity index (χ0n) is 7.66. The van der Waals surface area contributed by atoms with Crippen molar-refractivity contribution in [2.75, 3.05) is 5.43 Å². The lowest BCUT2D eigenvalue weighted by molar-refractivity contribution is 1.33. The summed E-state index contributed by atoms with van der Waals surface area (Å²) in [5.41, 5.74) is 8.32. The summed E-state index contributed by atoms with van der Waals surface area (Å²) >= 11 is 3.29. The highest BCUT2D eigenvalue weighted by atomic mass is 79.9. The maximum Gasteiger partial charge on any atom is 0.201 e. The van der Waals surface area contributed by atoms with Gasteiger partial charge in [-0.15, -0.1) is 0 Å². The van der Waals surface area contributed by atoms with Crippen LogP contribution in [0.15, 0.2) is 33.8 Å². The van der Waals surface area contributed by atoms with Crippen LogP contribution in [0, 0.1) is 16.7 Å². The molecule has 0 aromatic heterocycles. The van der Waals surface area contributed by atoms with Crippen LogP contribution in [0.5, 0.6) is 0 Å². The molecular weight excluding hydrogens is 258 g/mol. The number of amidine groups is 1. The standard InChI is InChI=1S/C9H8BrN5/c10-6-2-1-3-7(4-6)14-15-8(5-11)9(12)13/h1-4,14H,(H3,12,13)/b15-8+. The van der Waals surface area contributed by atoms with Gasteiger partial charge in [-0.2, -0.15) is 10.4 Å². The van der Waals surface area contributed by atoms with Gasteiger partial charge in [0.2, 0.25) is 5.71 Å². The number of hydrogen-bond acceptors (Lipinski definition) is 4. The van der Waals surface area contributed by atoms with Gasteiger partial charge in [0.1, 0.15) is 6.07 Å². The van der Waals surface area contributed by atoms with Crippen molar-refractivity contribution >= 4 is 33.2 Å². The molecule has 0 unspecified atom stereocenters. The fourth-order valence-electron chi connectivity index (χ4n) is 0.824. The maximum absolute atomic E-state index is 8.58. The van der Waals surface area contributed by atoms with E-state index in [0.29, 0.717) is 5.69 Å². The largest absolute Gasteiger partial charge is 0.382 e. The molecule has 0 amide bonds. The number of nitrogens with one attached hydrogen (secondary N) is 2. The second-order valence-electron chi connectivity index (χ2n) is 2.61. The van der Waals surface area contributed by atoms with Gasteiger partial charge in [-0.1, -0.05) is 22.0 Å². The van der Waals surface area contributed by atoms with E-state index in [9.17, 15) is 0 Å². The second kappa shape index (κ2) is 5.12. The Hall–Kier alpha value is -1.87. The quantitative estimate of drug-likeness (QED) is 0.441. The summed E-state index contributed by atoms with van der Waals surface area (Å²) in [5, 5.41) is 19.3. The number of halogens is 1. The molecule has 0 bridgehead atoms. The maximum atomic E-state index is 8.58. The number of nitrogens with zero attached hydrogens (tertiary/aromatic N) is 2. The number of benzene rings is 1. The summed E-state index contributed by atoms with van der Waals surface area (Å²) in [7, 11) is 0. The molecule has 0 atom stereocenters. The SMILES string of the molecule is N#C/C(=N\Nc1cccc(Br)c1)C(=N)N. The van der Waals surface area contributed by atoms with Gasteiger partial charge in [-0.05, 0) is 18.2 Å². The summed E-state index contributed by atoms with van der Waals surface area (Å²) < 4.78 is 0.893. The second-order valence-corrected chi connectivity index (χ2v) is 3.52. The molecule has 0 spiro atoms. The van der Waals surface area contributed by atoms with Gasteiger partial charge < -0.3 is 5.73 Å². The average Bonchev–Trinajstić information content (AvgIpc) is 2.18. The molecule has 0 fully saturated rings. The van der Waals surface area contributed by atoms with Crippen LogP contribution in [0.2, 0.25) is 0 Å². The molecule has 1 rings (SSSR count). The lowest BCUT2D eigenvalue weighted by atomic mass is 10.3. The Bertz CT molecular complexity index is 446. The molecule has 76 valence electrons. The lowest BCUT2D eigenvalue weighted by Gasteiger charge is -2.00. The van der Waals surface area contributed by atoms with Crippen LogP contribution in [0.25, 0.3) is 0 Å². The normalized spacial score (nSPS) is 10.5. The van der Waals surface area contributed by atoms with Crippen molar-refractivity contribution in [3.05, 3.63) is 28.7 Å². The Balaban J connectivity index is 2.80. The van der Waals surface area contributed by atoms with Crippen molar-refractivity contribution in [3.8, 4) is 6.07 Å². The number of rotatable bonds is 3. The van der Waals surface area contributed by atoms with E-state index < -0.39 is 0 Å². The predicted octanol–water partition coefficient (Wildman–Crippen LogP) is 1.68. The summed E-state index contributed by atoms with van der Waals surface area (Å²) in [6, 6.07) is 8.97. The molecule has 0 aliphatic rings. The molecule has 1 aromatic rings. The molecular formula is C9H8BrN5. The first kappa shape index (κ1) is 11.2. The van der Waals surface area contributed by atoms with Gasteiger partial charge in [-0.3, -0.25) is 10.8 Å². The summed E-state index contributed by atoms with van der Waals surface area (Å²) in [6.45, 7) is 0. The van der Waals surface area contributed by atoms with E-state index in [1.807, 2.05) is 12.1 Å². The first-order chi connectivity index (χ1) is 7.13. The van der Waals surface area contributed by atoms with Crippen LogP contribution in [0.4, 0.5) is 5.69 Å². The molecule has 0 heterocycles. The third-order valence-electron chi connectivity index (χ3n) is 1.48. The van der Waals surface area contributed by atoms with Gasteiger partial charge in [-0.25, -0.2) is 0 Å². The molecule has 0 aliphatic heterocycles. The van der Waals surface area contributed by atoms with Gasteiger partial charge in [0.05, 0.1) is 5.69 Å². The molecule has 5 nitrogen and oxygen atoms in total. The number of hydrazone groups is 1. The minimum absolute atomic E-state index is 0.144. The van der Waals surface area contributed by atoms with E-state index in [4.69, 9.17) is 16.4 Å². The van der Waals surface area contributed by atoms with Gasteiger partial charge in [0.15, 0.2) is 5.84 Å². The number of nitrogens with two attached hydrogens (primary N) is 1. The Morgan fingerprint density at radius 2 is 2.33 bits per heavy atom. The zero-order valence-corrected chi connectivity index (χ0v) is 9.25. The van der Waals surface area contributed by atoms with E-state index in [1.54, 1.807) is 18.2 Å². The van der Waals surface area contributed by atoms with E-state index in [0.717, 1.165) is 4.47 Å². The van der Waals surface area contributed by atoms with Crippen molar-refractivity contribution in [2.45, 2.75) is 0 Å². The summed E-state index contributed by atoms with van der Waals surface area (Å²) in [4.78, 5) is 0. The molecule has 1 aromatic carbocycles. The predicted molar refractivity (Wildman–Crippen MR) is 62.7 cm³/mol. The molecule has 0 aliphatic carbocycles. The molecule has 4 N–H and O–H groups in total. The van der Waals surface area contributed by atoms with Crippen LogP contribution < -0.4 is 11.2 Å². The molecule has 0 saturated heterocycles. The highest BCUT2D eigenvalue weighted by Crippen LogP contribution is 2.15. The van der Waals surface area contributed by atoms with Crippen LogP contribution in [0.3, 0.4) is 0 Å². The smallest absolute Gasteiger partial charge is 0.201 e. The van der Waals surface area contributed by atoms with Crippen LogP contribution >= 0.6 is 15.9 Å². The molecule has 0 saturated carbocycles. The first-order valence-electron chi connectivity index (χ1n) is 3.97.